The Hall–Kier alpha value is -3.09. The summed E-state index contributed by atoms with van der Waals surface area (Å²) in [5.74, 6) is 0.00959. The standard InChI is InChI=1S/C25H32FN3O3/c1-4-5-14-27-25(31)29-16-19(24(30)28-20-8-10-21(32-3)11-9-20)7-13-23(29)18-6-12-22(26)17(2)15-18/h6,8-12,15,19,23H,4-5,7,13-14,16H2,1-3H3,(H,27,31)(H,28,30). The van der Waals surface area contributed by atoms with Gasteiger partial charge in [0.05, 0.1) is 19.1 Å². The predicted octanol–water partition coefficient (Wildman–Crippen LogP) is 5.04. The molecule has 0 aromatic heterocycles. The van der Waals surface area contributed by atoms with Crippen molar-refractivity contribution in [1.82, 2.24) is 10.2 Å². The number of methoxy groups -OCH3 is 1. The molecule has 2 unspecified atom stereocenters. The van der Waals surface area contributed by atoms with Gasteiger partial charge in [-0.2, -0.15) is 0 Å². The first-order valence-electron chi connectivity index (χ1n) is 11.2. The van der Waals surface area contributed by atoms with Crippen molar-refractivity contribution in [3.05, 3.63) is 59.4 Å². The Kier molecular flexibility index (Phi) is 8.09. The lowest BCUT2D eigenvalue weighted by Gasteiger charge is -2.39. The van der Waals surface area contributed by atoms with Gasteiger partial charge >= 0.3 is 6.03 Å². The summed E-state index contributed by atoms with van der Waals surface area (Å²) >= 11 is 0. The Balaban J connectivity index is 1.74. The van der Waals surface area contributed by atoms with Gasteiger partial charge in [-0.3, -0.25) is 4.79 Å². The number of hydrogen-bond donors (Lipinski definition) is 2. The number of aryl methyl sites for hydroxylation is 1. The van der Waals surface area contributed by atoms with Gasteiger partial charge in [0.2, 0.25) is 5.91 Å². The van der Waals surface area contributed by atoms with Gasteiger partial charge in [0.1, 0.15) is 11.6 Å². The Morgan fingerprint density at radius 3 is 2.56 bits per heavy atom. The van der Waals surface area contributed by atoms with Gasteiger partial charge in [0, 0.05) is 18.8 Å². The minimum absolute atomic E-state index is 0.115. The molecule has 0 spiro atoms. The molecule has 7 heteroatoms. The number of urea groups is 1. The van der Waals surface area contributed by atoms with E-state index in [2.05, 4.69) is 17.6 Å². The summed E-state index contributed by atoms with van der Waals surface area (Å²) in [7, 11) is 1.59. The van der Waals surface area contributed by atoms with Crippen LogP contribution in [0.5, 0.6) is 5.75 Å². The number of rotatable bonds is 7. The van der Waals surface area contributed by atoms with Crippen LogP contribution in [0, 0.1) is 18.7 Å². The van der Waals surface area contributed by atoms with Gasteiger partial charge < -0.3 is 20.3 Å². The maximum absolute atomic E-state index is 13.8. The molecule has 3 amide bonds. The van der Waals surface area contributed by atoms with E-state index in [1.165, 1.54) is 6.07 Å². The van der Waals surface area contributed by atoms with E-state index in [1.54, 1.807) is 55.3 Å². The summed E-state index contributed by atoms with van der Waals surface area (Å²) in [4.78, 5) is 27.7. The number of amides is 3. The van der Waals surface area contributed by atoms with E-state index in [9.17, 15) is 14.0 Å². The molecule has 32 heavy (non-hydrogen) atoms. The van der Waals surface area contributed by atoms with E-state index in [0.717, 1.165) is 18.4 Å². The summed E-state index contributed by atoms with van der Waals surface area (Å²) in [6.45, 7) is 4.68. The zero-order valence-electron chi connectivity index (χ0n) is 19.0. The molecule has 0 radical (unpaired) electrons. The smallest absolute Gasteiger partial charge is 0.317 e. The normalized spacial score (nSPS) is 18.2. The zero-order chi connectivity index (χ0) is 23.1. The van der Waals surface area contributed by atoms with Gasteiger partial charge in [-0.25, -0.2) is 9.18 Å². The average molecular weight is 442 g/mol. The fraction of sp³-hybridized carbons (Fsp3) is 0.440. The molecule has 3 rings (SSSR count). The number of benzene rings is 2. The number of halogens is 1. The van der Waals surface area contributed by atoms with Crippen molar-refractivity contribution in [1.29, 1.82) is 0 Å². The third-order valence-electron chi connectivity index (χ3n) is 5.94. The Bertz CT molecular complexity index is 933. The molecule has 1 heterocycles. The number of nitrogens with one attached hydrogen (secondary N) is 2. The van der Waals surface area contributed by atoms with Gasteiger partial charge in [-0.1, -0.05) is 25.5 Å². The quantitative estimate of drug-likeness (QED) is 0.591. The summed E-state index contributed by atoms with van der Waals surface area (Å²) in [5.41, 5.74) is 2.13. The molecule has 2 aromatic rings. The number of hydrogen-bond acceptors (Lipinski definition) is 3. The van der Waals surface area contributed by atoms with Crippen LogP contribution in [-0.4, -0.2) is 37.0 Å². The second-order valence-electron chi connectivity index (χ2n) is 8.25. The minimum atomic E-state index is -0.327. The highest BCUT2D eigenvalue weighted by Gasteiger charge is 2.35. The van der Waals surface area contributed by atoms with Crippen molar-refractivity contribution >= 4 is 17.6 Å². The maximum atomic E-state index is 13.8. The number of ether oxygens (including phenoxy) is 1. The van der Waals surface area contributed by atoms with Crippen molar-refractivity contribution in [2.45, 2.75) is 45.6 Å². The molecule has 2 N–H and O–H groups in total. The topological polar surface area (TPSA) is 70.7 Å². The van der Waals surface area contributed by atoms with E-state index in [0.29, 0.717) is 42.9 Å². The van der Waals surface area contributed by atoms with Crippen LogP contribution in [-0.2, 0) is 4.79 Å². The van der Waals surface area contributed by atoms with Crippen LogP contribution in [0.15, 0.2) is 42.5 Å². The monoisotopic (exact) mass is 441 g/mol. The summed E-state index contributed by atoms with van der Waals surface area (Å²) in [6, 6.07) is 11.8. The summed E-state index contributed by atoms with van der Waals surface area (Å²) < 4.78 is 18.9. The zero-order valence-corrected chi connectivity index (χ0v) is 19.0. The van der Waals surface area contributed by atoms with Gasteiger partial charge in [-0.15, -0.1) is 0 Å². The van der Waals surface area contributed by atoms with Gasteiger partial charge in [-0.05, 0) is 67.6 Å². The number of unbranched alkanes of at least 4 members (excludes halogenated alkanes) is 1. The van der Waals surface area contributed by atoms with Gasteiger partial charge in [0.25, 0.3) is 0 Å². The molecule has 0 saturated carbocycles. The van der Waals surface area contributed by atoms with Crippen molar-refractivity contribution in [2.24, 2.45) is 5.92 Å². The first-order valence-corrected chi connectivity index (χ1v) is 11.2. The van der Waals surface area contributed by atoms with Crippen molar-refractivity contribution < 1.29 is 18.7 Å². The third kappa shape index (κ3) is 5.78. The first-order chi connectivity index (χ1) is 15.4. The average Bonchev–Trinajstić information content (AvgIpc) is 2.81. The van der Waals surface area contributed by atoms with Gasteiger partial charge in [0.15, 0.2) is 0 Å². The fourth-order valence-corrected chi connectivity index (χ4v) is 4.02. The lowest BCUT2D eigenvalue weighted by molar-refractivity contribution is -0.121. The van der Waals surface area contributed by atoms with Crippen LogP contribution >= 0.6 is 0 Å². The number of carbonyl (C=O) groups is 2. The van der Waals surface area contributed by atoms with Crippen LogP contribution in [0.1, 0.15) is 49.8 Å². The molecular weight excluding hydrogens is 409 g/mol. The molecule has 2 aromatic carbocycles. The van der Waals surface area contributed by atoms with Crippen LogP contribution in [0.25, 0.3) is 0 Å². The maximum Gasteiger partial charge on any atom is 0.317 e. The lowest BCUT2D eigenvalue weighted by atomic mass is 9.88. The molecule has 6 nitrogen and oxygen atoms in total. The highest BCUT2D eigenvalue weighted by molar-refractivity contribution is 5.93. The van der Waals surface area contributed by atoms with Crippen LogP contribution in [0.3, 0.4) is 0 Å². The number of carbonyl (C=O) groups excluding carboxylic acids is 2. The molecule has 2 atom stereocenters. The van der Waals surface area contributed by atoms with Crippen molar-refractivity contribution in [2.75, 3.05) is 25.5 Å². The molecular formula is C25H32FN3O3. The highest BCUT2D eigenvalue weighted by Crippen LogP contribution is 2.34. The van der Waals surface area contributed by atoms with E-state index >= 15 is 0 Å². The molecule has 1 aliphatic heterocycles. The minimum Gasteiger partial charge on any atom is -0.497 e. The molecule has 172 valence electrons. The van der Waals surface area contributed by atoms with Crippen LogP contribution in [0.4, 0.5) is 14.9 Å². The summed E-state index contributed by atoms with van der Waals surface area (Å²) in [6.07, 6.45) is 3.14. The molecule has 1 aliphatic rings. The van der Waals surface area contributed by atoms with E-state index in [-0.39, 0.29) is 29.7 Å². The molecule has 0 aliphatic carbocycles. The highest BCUT2D eigenvalue weighted by atomic mass is 19.1. The van der Waals surface area contributed by atoms with E-state index in [4.69, 9.17) is 4.74 Å². The predicted molar refractivity (Wildman–Crippen MR) is 123 cm³/mol. The van der Waals surface area contributed by atoms with E-state index < -0.39 is 0 Å². The first kappa shape index (κ1) is 23.6. The van der Waals surface area contributed by atoms with Crippen molar-refractivity contribution in [3.63, 3.8) is 0 Å². The number of piperidine rings is 1. The number of likely N-dealkylation sites (tertiary alicyclic amines) is 1. The second-order valence-corrected chi connectivity index (χ2v) is 8.25. The fourth-order valence-electron chi connectivity index (χ4n) is 4.02. The molecule has 1 fully saturated rings. The Morgan fingerprint density at radius 1 is 1.16 bits per heavy atom. The van der Waals surface area contributed by atoms with E-state index in [1.807, 2.05) is 0 Å². The van der Waals surface area contributed by atoms with Crippen LogP contribution < -0.4 is 15.4 Å². The Morgan fingerprint density at radius 2 is 1.91 bits per heavy atom. The largest absolute Gasteiger partial charge is 0.497 e. The number of nitrogens with zero attached hydrogens (tertiary/aromatic N) is 1. The molecule has 0 bridgehead atoms. The third-order valence-corrected chi connectivity index (χ3v) is 5.94. The van der Waals surface area contributed by atoms with Crippen LogP contribution in [0.2, 0.25) is 0 Å². The number of anilines is 1. The van der Waals surface area contributed by atoms with Crippen molar-refractivity contribution in [3.8, 4) is 5.75 Å². The summed E-state index contributed by atoms with van der Waals surface area (Å²) in [5, 5.41) is 5.91. The Labute approximate surface area is 189 Å². The second kappa shape index (κ2) is 11.0. The SMILES string of the molecule is CCCCNC(=O)N1CC(C(=O)Nc2ccc(OC)cc2)CCC1c1ccc(F)c(C)c1. The molecule has 1 saturated heterocycles. The lowest BCUT2D eigenvalue weighted by Crippen LogP contribution is -2.49.